The van der Waals surface area contributed by atoms with Gasteiger partial charge >= 0.3 is 0 Å². The Morgan fingerprint density at radius 2 is 1.83 bits per heavy atom. The Morgan fingerprint density at radius 1 is 1.09 bits per heavy atom. The molecule has 0 saturated carbocycles. The molecule has 0 spiro atoms. The van der Waals surface area contributed by atoms with Crippen LogP contribution in [0.3, 0.4) is 0 Å². The van der Waals surface area contributed by atoms with Crippen LogP contribution in [0.2, 0.25) is 0 Å². The molecule has 0 radical (unpaired) electrons. The topological polar surface area (TPSA) is 70.1 Å². The van der Waals surface area contributed by atoms with E-state index in [-0.39, 0.29) is 0 Å². The van der Waals surface area contributed by atoms with Gasteiger partial charge in [-0.05, 0) is 31.9 Å². The van der Waals surface area contributed by atoms with Gasteiger partial charge in [0, 0.05) is 51.3 Å². The first-order valence-corrected chi connectivity index (χ1v) is 7.93. The zero-order chi connectivity index (χ0) is 16.2. The molecule has 0 atom stereocenters. The molecule has 23 heavy (non-hydrogen) atoms. The maximum absolute atomic E-state index is 4.52. The Hall–Kier alpha value is -2.44. The third kappa shape index (κ3) is 3.85. The maximum atomic E-state index is 4.52. The monoisotopic (exact) mass is 313 g/mol. The lowest BCUT2D eigenvalue weighted by Gasteiger charge is -2.32. The number of aromatic nitrogens is 4. The van der Waals surface area contributed by atoms with Gasteiger partial charge in [0.25, 0.3) is 0 Å². The van der Waals surface area contributed by atoms with Crippen LogP contribution in [0.1, 0.15) is 18.5 Å². The lowest BCUT2D eigenvalue weighted by molar-refractivity contribution is 0.518. The summed E-state index contributed by atoms with van der Waals surface area (Å²) in [5.41, 5.74) is 1.01. The molecule has 1 saturated heterocycles. The van der Waals surface area contributed by atoms with Gasteiger partial charge in [-0.3, -0.25) is 0 Å². The Bertz CT molecular complexity index is 650. The Morgan fingerprint density at radius 3 is 2.52 bits per heavy atom. The molecule has 0 unspecified atom stereocenters. The van der Waals surface area contributed by atoms with Gasteiger partial charge < -0.3 is 15.1 Å². The molecule has 2 aromatic rings. The molecule has 122 valence electrons. The second kappa shape index (κ2) is 6.76. The predicted octanol–water partition coefficient (Wildman–Crippen LogP) is 1.72. The van der Waals surface area contributed by atoms with Crippen molar-refractivity contribution in [2.45, 2.75) is 25.8 Å². The summed E-state index contributed by atoms with van der Waals surface area (Å²) >= 11 is 0. The van der Waals surface area contributed by atoms with E-state index in [1.165, 1.54) is 0 Å². The summed E-state index contributed by atoms with van der Waals surface area (Å²) in [5, 5.41) is 3.51. The lowest BCUT2D eigenvalue weighted by Crippen LogP contribution is -2.40. The van der Waals surface area contributed by atoms with Gasteiger partial charge in [0.2, 0.25) is 11.9 Å². The van der Waals surface area contributed by atoms with Gasteiger partial charge in [-0.1, -0.05) is 0 Å². The molecule has 1 N–H and O–H groups in total. The number of anilines is 3. The van der Waals surface area contributed by atoms with Gasteiger partial charge in [0.15, 0.2) is 0 Å². The highest BCUT2D eigenvalue weighted by Crippen LogP contribution is 2.19. The Labute approximate surface area is 136 Å². The highest BCUT2D eigenvalue weighted by Gasteiger charge is 2.21. The number of hydrogen-bond acceptors (Lipinski definition) is 7. The fraction of sp³-hybridized carbons (Fsp3) is 0.500. The van der Waals surface area contributed by atoms with Crippen molar-refractivity contribution in [2.75, 3.05) is 42.3 Å². The number of rotatable bonds is 4. The molecule has 3 heterocycles. The third-order valence-corrected chi connectivity index (χ3v) is 3.95. The summed E-state index contributed by atoms with van der Waals surface area (Å²) in [6.45, 7) is 3.90. The molecule has 3 rings (SSSR count). The fourth-order valence-electron chi connectivity index (χ4n) is 2.67. The third-order valence-electron chi connectivity index (χ3n) is 3.95. The highest BCUT2D eigenvalue weighted by atomic mass is 15.3. The van der Waals surface area contributed by atoms with E-state index >= 15 is 0 Å². The second-order valence-electron chi connectivity index (χ2n) is 6.04. The van der Waals surface area contributed by atoms with Crippen molar-refractivity contribution in [3.05, 3.63) is 30.2 Å². The van der Waals surface area contributed by atoms with Crippen molar-refractivity contribution in [1.82, 2.24) is 19.9 Å². The summed E-state index contributed by atoms with van der Waals surface area (Å²) in [4.78, 5) is 21.8. The predicted molar refractivity (Wildman–Crippen MR) is 92.0 cm³/mol. The Kier molecular flexibility index (Phi) is 4.55. The molecule has 1 aliphatic heterocycles. The average molecular weight is 313 g/mol. The van der Waals surface area contributed by atoms with Crippen LogP contribution < -0.4 is 15.1 Å². The van der Waals surface area contributed by atoms with E-state index in [1.807, 2.05) is 44.2 Å². The number of nitrogens with one attached hydrogen (secondary N) is 1. The lowest BCUT2D eigenvalue weighted by atomic mass is 10.1. The quantitative estimate of drug-likeness (QED) is 0.921. The molecular weight excluding hydrogens is 290 g/mol. The largest absolute Gasteiger partial charge is 0.367 e. The van der Waals surface area contributed by atoms with Crippen LogP contribution in [0.5, 0.6) is 0 Å². The van der Waals surface area contributed by atoms with E-state index in [9.17, 15) is 0 Å². The molecule has 1 fully saturated rings. The minimum Gasteiger partial charge on any atom is -0.367 e. The first kappa shape index (κ1) is 15.5. The van der Waals surface area contributed by atoms with Crippen molar-refractivity contribution >= 4 is 17.7 Å². The SMILES string of the molecule is Cc1ccnc(N2CCC(Nc3ccnc(N(C)C)n3)CC2)n1. The van der Waals surface area contributed by atoms with Crippen molar-refractivity contribution < 1.29 is 0 Å². The van der Waals surface area contributed by atoms with Crippen LogP contribution in [-0.2, 0) is 0 Å². The molecule has 0 aromatic carbocycles. The standard InChI is InChI=1S/C16H23N7/c1-12-4-8-18-16(19-12)23-10-6-13(7-11-23)20-14-5-9-17-15(21-14)22(2)3/h4-5,8-9,13H,6-7,10-11H2,1-3H3,(H,17,20,21). The maximum Gasteiger partial charge on any atom is 0.226 e. The van der Waals surface area contributed by atoms with Crippen LogP contribution in [0.15, 0.2) is 24.5 Å². The van der Waals surface area contributed by atoms with Gasteiger partial charge in [-0.2, -0.15) is 4.98 Å². The van der Waals surface area contributed by atoms with Gasteiger partial charge in [-0.25, -0.2) is 15.0 Å². The number of aryl methyl sites for hydroxylation is 1. The van der Waals surface area contributed by atoms with Crippen molar-refractivity contribution in [1.29, 1.82) is 0 Å². The first-order valence-electron chi connectivity index (χ1n) is 7.93. The smallest absolute Gasteiger partial charge is 0.226 e. The minimum absolute atomic E-state index is 0.418. The summed E-state index contributed by atoms with van der Waals surface area (Å²) in [5.74, 6) is 2.44. The van der Waals surface area contributed by atoms with Gasteiger partial charge in [0.1, 0.15) is 5.82 Å². The van der Waals surface area contributed by atoms with Gasteiger partial charge in [0.05, 0.1) is 0 Å². The molecular formula is C16H23N7. The molecule has 0 aliphatic carbocycles. The van der Waals surface area contributed by atoms with Crippen molar-refractivity contribution in [3.63, 3.8) is 0 Å². The van der Waals surface area contributed by atoms with Crippen LogP contribution in [0.4, 0.5) is 17.7 Å². The number of nitrogens with zero attached hydrogens (tertiary/aromatic N) is 6. The number of piperidine rings is 1. The average Bonchev–Trinajstić information content (AvgIpc) is 2.56. The zero-order valence-corrected chi connectivity index (χ0v) is 13.9. The Balaban J connectivity index is 1.58. The van der Waals surface area contributed by atoms with Crippen molar-refractivity contribution in [3.8, 4) is 0 Å². The minimum atomic E-state index is 0.418. The molecule has 0 amide bonds. The van der Waals surface area contributed by atoms with E-state index in [2.05, 4.69) is 30.2 Å². The zero-order valence-electron chi connectivity index (χ0n) is 13.9. The van der Waals surface area contributed by atoms with Crippen LogP contribution in [-0.4, -0.2) is 53.2 Å². The molecule has 7 heteroatoms. The molecule has 2 aromatic heterocycles. The van der Waals surface area contributed by atoms with Crippen LogP contribution in [0.25, 0.3) is 0 Å². The molecule has 1 aliphatic rings. The second-order valence-corrected chi connectivity index (χ2v) is 6.04. The van der Waals surface area contributed by atoms with Crippen LogP contribution >= 0.6 is 0 Å². The highest BCUT2D eigenvalue weighted by molar-refractivity contribution is 5.41. The van der Waals surface area contributed by atoms with E-state index in [0.29, 0.717) is 6.04 Å². The van der Waals surface area contributed by atoms with Crippen LogP contribution in [0, 0.1) is 6.92 Å². The number of hydrogen-bond donors (Lipinski definition) is 1. The van der Waals surface area contributed by atoms with E-state index < -0.39 is 0 Å². The normalized spacial score (nSPS) is 15.5. The fourth-order valence-corrected chi connectivity index (χ4v) is 2.67. The molecule has 0 bridgehead atoms. The summed E-state index contributed by atoms with van der Waals surface area (Å²) in [6, 6.07) is 4.26. The molecule has 7 nitrogen and oxygen atoms in total. The van der Waals surface area contributed by atoms with E-state index in [4.69, 9.17) is 0 Å². The van der Waals surface area contributed by atoms with Gasteiger partial charge in [-0.15, -0.1) is 0 Å². The first-order chi connectivity index (χ1) is 11.1. The van der Waals surface area contributed by atoms with Crippen molar-refractivity contribution in [2.24, 2.45) is 0 Å². The van der Waals surface area contributed by atoms with E-state index in [0.717, 1.165) is 49.3 Å². The summed E-state index contributed by atoms with van der Waals surface area (Å²) in [6.07, 6.45) is 5.70. The summed E-state index contributed by atoms with van der Waals surface area (Å²) < 4.78 is 0. The van der Waals surface area contributed by atoms with E-state index in [1.54, 1.807) is 6.20 Å². The summed E-state index contributed by atoms with van der Waals surface area (Å²) in [7, 11) is 3.89.